The van der Waals surface area contributed by atoms with E-state index >= 15 is 0 Å². The second-order valence-electron chi connectivity index (χ2n) is 3.84. The number of ether oxygens (including phenoxy) is 1. The van der Waals surface area contributed by atoms with Gasteiger partial charge in [0.2, 0.25) is 0 Å². The summed E-state index contributed by atoms with van der Waals surface area (Å²) in [7, 11) is 0. The first-order valence-electron chi connectivity index (χ1n) is 5.32. The van der Waals surface area contributed by atoms with Crippen LogP contribution < -0.4 is 0 Å². The third-order valence-electron chi connectivity index (χ3n) is 1.97. The minimum absolute atomic E-state index is 0.381. The Bertz CT molecular complexity index is 89.0. The van der Waals surface area contributed by atoms with Gasteiger partial charge in [0.25, 0.3) is 0 Å². The first kappa shape index (κ1) is 12.0. The van der Waals surface area contributed by atoms with Gasteiger partial charge < -0.3 is 4.74 Å². The van der Waals surface area contributed by atoms with E-state index in [4.69, 9.17) is 4.74 Å². The fourth-order valence-electron chi connectivity index (χ4n) is 1.39. The van der Waals surface area contributed by atoms with Gasteiger partial charge in [-0.2, -0.15) is 0 Å². The molecule has 74 valence electrons. The minimum atomic E-state index is 0.381. The highest BCUT2D eigenvalue weighted by Crippen LogP contribution is 2.09. The molecule has 0 fully saturated rings. The minimum Gasteiger partial charge on any atom is -0.376 e. The maximum Gasteiger partial charge on any atom is 0.0550 e. The molecule has 0 amide bonds. The monoisotopic (exact) mass is 172 g/mol. The Morgan fingerprint density at radius 3 is 2.17 bits per heavy atom. The van der Waals surface area contributed by atoms with Gasteiger partial charge in [0, 0.05) is 0 Å². The quantitative estimate of drug-likeness (QED) is 0.531. The molecule has 0 N–H and O–H groups in total. The molecular formula is C11H24O. The van der Waals surface area contributed by atoms with E-state index in [-0.39, 0.29) is 0 Å². The van der Waals surface area contributed by atoms with Gasteiger partial charge in [-0.05, 0) is 27.2 Å². The smallest absolute Gasteiger partial charge is 0.0550 e. The van der Waals surface area contributed by atoms with E-state index in [1.54, 1.807) is 0 Å². The van der Waals surface area contributed by atoms with E-state index in [0.717, 1.165) is 0 Å². The van der Waals surface area contributed by atoms with Gasteiger partial charge in [0.05, 0.1) is 12.2 Å². The third-order valence-corrected chi connectivity index (χ3v) is 1.97. The molecule has 1 atom stereocenters. The van der Waals surface area contributed by atoms with Crippen molar-refractivity contribution in [2.24, 2.45) is 0 Å². The van der Waals surface area contributed by atoms with E-state index in [0.29, 0.717) is 12.2 Å². The zero-order chi connectivity index (χ0) is 9.40. The van der Waals surface area contributed by atoms with Crippen molar-refractivity contribution >= 4 is 0 Å². The van der Waals surface area contributed by atoms with E-state index in [1.165, 1.54) is 32.1 Å². The summed E-state index contributed by atoms with van der Waals surface area (Å²) in [5.74, 6) is 0. The van der Waals surface area contributed by atoms with Crippen molar-refractivity contribution in [3.8, 4) is 0 Å². The highest BCUT2D eigenvalue weighted by molar-refractivity contribution is 4.52. The van der Waals surface area contributed by atoms with Crippen LogP contribution in [0.1, 0.15) is 59.8 Å². The fourth-order valence-corrected chi connectivity index (χ4v) is 1.39. The number of rotatable bonds is 7. The lowest BCUT2D eigenvalue weighted by Gasteiger charge is -2.15. The molecule has 0 saturated heterocycles. The van der Waals surface area contributed by atoms with Crippen LogP contribution in [0.2, 0.25) is 0 Å². The van der Waals surface area contributed by atoms with Crippen LogP contribution in [0.3, 0.4) is 0 Å². The van der Waals surface area contributed by atoms with Crippen molar-refractivity contribution in [2.45, 2.75) is 72.0 Å². The number of unbranched alkanes of at least 4 members (excludes halogenated alkanes) is 3. The second-order valence-corrected chi connectivity index (χ2v) is 3.84. The van der Waals surface area contributed by atoms with Crippen LogP contribution in [0.5, 0.6) is 0 Å². The Balaban J connectivity index is 3.14. The van der Waals surface area contributed by atoms with Crippen LogP contribution in [-0.2, 0) is 4.74 Å². The summed E-state index contributed by atoms with van der Waals surface area (Å²) >= 11 is 0. The van der Waals surface area contributed by atoms with Gasteiger partial charge in [-0.15, -0.1) is 0 Å². The first-order chi connectivity index (χ1) is 5.66. The molecule has 0 aliphatic carbocycles. The number of hydrogen-bond donors (Lipinski definition) is 0. The van der Waals surface area contributed by atoms with Gasteiger partial charge in [-0.1, -0.05) is 32.6 Å². The molecule has 0 bridgehead atoms. The highest BCUT2D eigenvalue weighted by Gasteiger charge is 2.03. The van der Waals surface area contributed by atoms with Gasteiger partial charge in [-0.3, -0.25) is 0 Å². The fraction of sp³-hybridized carbons (Fsp3) is 1.00. The molecule has 0 spiro atoms. The molecule has 0 aromatic rings. The maximum absolute atomic E-state index is 5.63. The molecule has 12 heavy (non-hydrogen) atoms. The van der Waals surface area contributed by atoms with Gasteiger partial charge >= 0.3 is 0 Å². The first-order valence-corrected chi connectivity index (χ1v) is 5.32. The number of hydrogen-bond acceptors (Lipinski definition) is 1. The summed E-state index contributed by atoms with van der Waals surface area (Å²) < 4.78 is 5.63. The summed E-state index contributed by atoms with van der Waals surface area (Å²) in [6.07, 6.45) is 7.42. The normalized spacial score (nSPS) is 13.8. The van der Waals surface area contributed by atoms with Crippen molar-refractivity contribution in [1.82, 2.24) is 0 Å². The van der Waals surface area contributed by atoms with E-state index in [2.05, 4.69) is 27.7 Å². The maximum atomic E-state index is 5.63. The van der Waals surface area contributed by atoms with Crippen LogP contribution in [0.4, 0.5) is 0 Å². The zero-order valence-corrected chi connectivity index (χ0v) is 9.10. The van der Waals surface area contributed by atoms with Crippen molar-refractivity contribution < 1.29 is 4.74 Å². The molecule has 0 heterocycles. The lowest BCUT2D eigenvalue weighted by atomic mass is 10.1. The molecular weight excluding hydrogens is 148 g/mol. The summed E-state index contributed by atoms with van der Waals surface area (Å²) in [6.45, 7) is 8.62. The Morgan fingerprint density at radius 1 is 1.00 bits per heavy atom. The standard InChI is InChI=1S/C11H24O/c1-5-6-7-8-9-11(4)12-10(2)3/h10-11H,5-9H2,1-4H3. The Morgan fingerprint density at radius 2 is 1.67 bits per heavy atom. The molecule has 1 heteroatoms. The molecule has 0 radical (unpaired) electrons. The lowest BCUT2D eigenvalue weighted by Crippen LogP contribution is -2.13. The van der Waals surface area contributed by atoms with E-state index in [1.807, 2.05) is 0 Å². The molecule has 0 rings (SSSR count). The van der Waals surface area contributed by atoms with Gasteiger partial charge in [0.1, 0.15) is 0 Å². The Hall–Kier alpha value is -0.0400. The van der Waals surface area contributed by atoms with Crippen LogP contribution in [0.15, 0.2) is 0 Å². The van der Waals surface area contributed by atoms with Crippen LogP contribution >= 0.6 is 0 Å². The molecule has 1 nitrogen and oxygen atoms in total. The summed E-state index contributed by atoms with van der Waals surface area (Å²) in [5, 5.41) is 0. The van der Waals surface area contributed by atoms with Crippen molar-refractivity contribution in [2.75, 3.05) is 0 Å². The van der Waals surface area contributed by atoms with Crippen LogP contribution in [0.25, 0.3) is 0 Å². The topological polar surface area (TPSA) is 9.23 Å². The average molecular weight is 172 g/mol. The van der Waals surface area contributed by atoms with Crippen LogP contribution in [-0.4, -0.2) is 12.2 Å². The zero-order valence-electron chi connectivity index (χ0n) is 9.10. The predicted molar refractivity (Wildman–Crippen MR) is 54.4 cm³/mol. The second kappa shape index (κ2) is 7.60. The summed E-state index contributed by atoms with van der Waals surface area (Å²) in [5.41, 5.74) is 0. The lowest BCUT2D eigenvalue weighted by molar-refractivity contribution is 0.0131. The van der Waals surface area contributed by atoms with E-state index in [9.17, 15) is 0 Å². The van der Waals surface area contributed by atoms with E-state index < -0.39 is 0 Å². The summed E-state index contributed by atoms with van der Waals surface area (Å²) in [4.78, 5) is 0. The van der Waals surface area contributed by atoms with Crippen molar-refractivity contribution in [1.29, 1.82) is 0 Å². The Kier molecular flexibility index (Phi) is 7.58. The molecule has 0 aromatic carbocycles. The Labute approximate surface area is 77.5 Å². The molecule has 0 aliphatic rings. The van der Waals surface area contributed by atoms with Gasteiger partial charge in [0.15, 0.2) is 0 Å². The van der Waals surface area contributed by atoms with Gasteiger partial charge in [-0.25, -0.2) is 0 Å². The largest absolute Gasteiger partial charge is 0.376 e. The summed E-state index contributed by atoms with van der Waals surface area (Å²) in [6, 6.07) is 0. The third kappa shape index (κ3) is 8.06. The van der Waals surface area contributed by atoms with Crippen LogP contribution in [0, 0.1) is 0 Å². The van der Waals surface area contributed by atoms with Crippen molar-refractivity contribution in [3.63, 3.8) is 0 Å². The highest BCUT2D eigenvalue weighted by atomic mass is 16.5. The molecule has 0 aliphatic heterocycles. The van der Waals surface area contributed by atoms with Crippen molar-refractivity contribution in [3.05, 3.63) is 0 Å². The average Bonchev–Trinajstić information content (AvgIpc) is 1.97. The molecule has 0 aromatic heterocycles. The SMILES string of the molecule is CCCCCCC(C)OC(C)C. The molecule has 1 unspecified atom stereocenters. The predicted octanol–water partition coefficient (Wildman–Crippen LogP) is 3.77. The molecule has 0 saturated carbocycles.